The van der Waals surface area contributed by atoms with Gasteiger partial charge < -0.3 is 24.4 Å². The highest BCUT2D eigenvalue weighted by molar-refractivity contribution is 5.99. The largest absolute Gasteiger partial charge is 0.465 e. The van der Waals surface area contributed by atoms with Crippen molar-refractivity contribution in [2.45, 2.75) is 12.8 Å². The molecule has 12 nitrogen and oxygen atoms in total. The van der Waals surface area contributed by atoms with Gasteiger partial charge in [0.05, 0.1) is 18.9 Å². The highest BCUT2D eigenvalue weighted by Crippen LogP contribution is 2.32. The number of rotatable bonds is 7. The average Bonchev–Trinajstić information content (AvgIpc) is 3.71. The number of carbonyl (C=O) groups excluding carboxylic acids is 3. The molecule has 0 saturated heterocycles. The van der Waals surface area contributed by atoms with Crippen molar-refractivity contribution in [2.24, 2.45) is 0 Å². The minimum absolute atomic E-state index is 0.0657. The number of carbonyl (C=O) groups is 3. The van der Waals surface area contributed by atoms with E-state index in [9.17, 15) is 14.4 Å². The molecule has 12 heteroatoms. The molecule has 0 spiro atoms. The van der Waals surface area contributed by atoms with Gasteiger partial charge in [-0.15, -0.1) is 5.53 Å². The van der Waals surface area contributed by atoms with Crippen molar-refractivity contribution in [2.75, 3.05) is 40.8 Å². The lowest BCUT2D eigenvalue weighted by atomic mass is 9.98. The van der Waals surface area contributed by atoms with Crippen molar-refractivity contribution in [3.8, 4) is 5.69 Å². The number of amides is 2. The van der Waals surface area contributed by atoms with Crippen LogP contribution in [-0.4, -0.2) is 83.2 Å². The molecule has 5 rings (SSSR count). The van der Waals surface area contributed by atoms with E-state index in [1.54, 1.807) is 32.6 Å². The van der Waals surface area contributed by atoms with Crippen LogP contribution in [0.4, 0.5) is 0 Å². The number of hydrogen-bond donors (Lipinski definition) is 2. The fraction of sp³-hybridized carbons (Fsp3) is 0.308. The maximum atomic E-state index is 13.0. The summed E-state index contributed by atoms with van der Waals surface area (Å²) in [5.74, 6) is -0.519. The maximum Gasteiger partial charge on any atom is 0.341 e. The third kappa shape index (κ3) is 4.98. The van der Waals surface area contributed by atoms with Gasteiger partial charge in [0.25, 0.3) is 5.91 Å². The van der Waals surface area contributed by atoms with Crippen LogP contribution in [0.3, 0.4) is 0 Å². The van der Waals surface area contributed by atoms with Crippen LogP contribution < -0.4 is 11.0 Å². The van der Waals surface area contributed by atoms with Gasteiger partial charge in [-0.25, -0.2) is 9.48 Å². The van der Waals surface area contributed by atoms with Crippen molar-refractivity contribution in [1.82, 2.24) is 35.5 Å². The van der Waals surface area contributed by atoms with Gasteiger partial charge in [0, 0.05) is 64.1 Å². The molecule has 0 bridgehead atoms. The van der Waals surface area contributed by atoms with Crippen molar-refractivity contribution >= 4 is 34.3 Å². The molecule has 1 aromatic carbocycles. The van der Waals surface area contributed by atoms with Crippen molar-refractivity contribution < 1.29 is 23.5 Å². The summed E-state index contributed by atoms with van der Waals surface area (Å²) in [6.45, 7) is 1.65. The van der Waals surface area contributed by atoms with E-state index in [0.29, 0.717) is 42.7 Å². The Labute approximate surface area is 219 Å². The smallest absolute Gasteiger partial charge is 0.341 e. The molecule has 0 saturated carbocycles. The predicted molar refractivity (Wildman–Crippen MR) is 139 cm³/mol. The summed E-state index contributed by atoms with van der Waals surface area (Å²) in [7, 11) is 4.62. The molecule has 38 heavy (non-hydrogen) atoms. The molecule has 0 aliphatic carbocycles. The fourth-order valence-corrected chi connectivity index (χ4v) is 4.45. The zero-order chi connectivity index (χ0) is 26.8. The maximum absolute atomic E-state index is 13.0. The van der Waals surface area contributed by atoms with Crippen LogP contribution in [0.2, 0.25) is 0 Å². The minimum Gasteiger partial charge on any atom is -0.465 e. The van der Waals surface area contributed by atoms with Crippen LogP contribution >= 0.6 is 0 Å². The normalized spacial score (nSPS) is 15.0. The summed E-state index contributed by atoms with van der Waals surface area (Å²) in [5.41, 5.74) is 8.96. The van der Waals surface area contributed by atoms with Crippen molar-refractivity contribution in [3.05, 3.63) is 66.0 Å². The molecule has 0 unspecified atom stereocenters. The van der Waals surface area contributed by atoms with Gasteiger partial charge >= 0.3 is 5.97 Å². The number of nitrogens with one attached hydrogen (secondary N) is 2. The van der Waals surface area contributed by atoms with E-state index < -0.39 is 5.97 Å². The first-order valence-corrected chi connectivity index (χ1v) is 12.2. The Bertz CT molecular complexity index is 1450. The van der Waals surface area contributed by atoms with E-state index in [1.165, 1.54) is 22.9 Å². The van der Waals surface area contributed by atoms with E-state index in [0.717, 1.165) is 17.6 Å². The number of ether oxygens (including phenoxy) is 1. The predicted octanol–water partition coefficient (Wildman–Crippen LogP) is 1.91. The van der Waals surface area contributed by atoms with Gasteiger partial charge in [0.1, 0.15) is 5.69 Å². The van der Waals surface area contributed by atoms with Crippen LogP contribution in [0.15, 0.2) is 53.5 Å². The van der Waals surface area contributed by atoms with E-state index in [2.05, 4.69) is 22.1 Å². The first-order valence-electron chi connectivity index (χ1n) is 12.2. The number of esters is 1. The van der Waals surface area contributed by atoms with Crippen molar-refractivity contribution in [3.63, 3.8) is 0 Å². The third-order valence-corrected chi connectivity index (χ3v) is 6.45. The van der Waals surface area contributed by atoms with E-state index >= 15 is 0 Å². The molecule has 2 N–H and O–H groups in total. The molecule has 198 valence electrons. The topological polar surface area (TPSA) is 125 Å². The summed E-state index contributed by atoms with van der Waals surface area (Å²) < 4.78 is 12.3. The highest BCUT2D eigenvalue weighted by atomic mass is 16.5. The Morgan fingerprint density at radius 3 is 2.79 bits per heavy atom. The quantitative estimate of drug-likeness (QED) is 0.450. The van der Waals surface area contributed by atoms with Crippen LogP contribution in [-0.2, 0) is 9.53 Å². The second-order valence-electron chi connectivity index (χ2n) is 9.24. The molecule has 0 atom stereocenters. The second-order valence-corrected chi connectivity index (χ2v) is 9.24. The summed E-state index contributed by atoms with van der Waals surface area (Å²) >= 11 is 0. The van der Waals surface area contributed by atoms with Crippen LogP contribution in [0.25, 0.3) is 22.2 Å². The van der Waals surface area contributed by atoms with Gasteiger partial charge in [-0.3, -0.25) is 14.6 Å². The average molecular weight is 520 g/mol. The molecular formula is C26H29N7O5. The molecule has 2 amide bonds. The summed E-state index contributed by atoms with van der Waals surface area (Å²) in [5, 5.41) is 6.87. The van der Waals surface area contributed by atoms with E-state index in [4.69, 9.17) is 9.15 Å². The molecule has 0 radical (unpaired) electrons. The Kier molecular flexibility index (Phi) is 6.88. The number of hydrogen-bond acceptors (Lipinski definition) is 9. The Balaban J connectivity index is 1.47. The van der Waals surface area contributed by atoms with Gasteiger partial charge in [-0.1, -0.05) is 6.08 Å². The van der Waals surface area contributed by atoms with Gasteiger partial charge in [0.2, 0.25) is 5.91 Å². The van der Waals surface area contributed by atoms with Crippen LogP contribution in [0.5, 0.6) is 0 Å². The number of fused-ring (bicyclic) bond motifs is 1. The van der Waals surface area contributed by atoms with Crippen molar-refractivity contribution in [1.29, 1.82) is 0 Å². The van der Waals surface area contributed by atoms with Gasteiger partial charge in [-0.05, 0) is 35.8 Å². The van der Waals surface area contributed by atoms with E-state index in [-0.39, 0.29) is 23.1 Å². The van der Waals surface area contributed by atoms with Crippen LogP contribution in [0.1, 0.15) is 39.3 Å². The van der Waals surface area contributed by atoms with Crippen LogP contribution in [0, 0.1) is 0 Å². The highest BCUT2D eigenvalue weighted by Gasteiger charge is 2.23. The number of methoxy groups -OCH3 is 1. The monoisotopic (exact) mass is 519 g/mol. The first kappa shape index (κ1) is 25.1. The molecular weight excluding hydrogens is 490 g/mol. The molecule has 4 heterocycles. The lowest BCUT2D eigenvalue weighted by molar-refractivity contribution is -0.131. The number of hydrazine groups is 2. The number of benzene rings is 1. The lowest BCUT2D eigenvalue weighted by Gasteiger charge is -2.28. The molecule has 2 aliphatic rings. The zero-order valence-electron chi connectivity index (χ0n) is 21.4. The molecule has 2 aromatic heterocycles. The fourth-order valence-electron chi connectivity index (χ4n) is 4.45. The van der Waals surface area contributed by atoms with Gasteiger partial charge in [0.15, 0.2) is 11.3 Å². The SMILES string of the molecule is COC(=O)c1cnn(-c2cc(C3=CCCN(C(=O)CCN4C=CNN4)C3)cc3cc(C(=O)N(C)C)oc23)c1. The van der Waals surface area contributed by atoms with E-state index in [1.807, 2.05) is 28.2 Å². The first-order chi connectivity index (χ1) is 18.3. The number of nitrogens with zero attached hydrogens (tertiary/aromatic N) is 5. The molecule has 3 aromatic rings. The summed E-state index contributed by atoms with van der Waals surface area (Å²) in [6, 6.07) is 5.55. The van der Waals surface area contributed by atoms with Gasteiger partial charge in [-0.2, -0.15) is 5.10 Å². The zero-order valence-corrected chi connectivity index (χ0v) is 21.4. The second kappa shape index (κ2) is 10.4. The Morgan fingerprint density at radius 2 is 2.05 bits per heavy atom. The standard InChI is InChI=1S/C26H29N7O5/c1-30(2)25(35)22-13-19-11-18(12-21(24(19)38-22)33-16-20(14-28-33)26(36)37-3)17-5-4-8-31(15-17)23(34)6-9-32-10-7-27-29-32/h5,7,10-14,16,27,29H,4,6,8-9,15H2,1-3H3. The molecule has 0 fully saturated rings. The summed E-state index contributed by atoms with van der Waals surface area (Å²) in [6.07, 6.45) is 9.80. The molecule has 2 aliphatic heterocycles. The number of aromatic nitrogens is 2. The lowest BCUT2D eigenvalue weighted by Crippen LogP contribution is -2.40. The minimum atomic E-state index is -0.508. The Hall–Kier alpha value is -4.58. The summed E-state index contributed by atoms with van der Waals surface area (Å²) in [4.78, 5) is 40.9. The third-order valence-electron chi connectivity index (χ3n) is 6.45. The Morgan fingerprint density at radius 1 is 1.21 bits per heavy atom. The number of furan rings is 1.